The van der Waals surface area contributed by atoms with Crippen molar-refractivity contribution in [1.82, 2.24) is 5.32 Å². The summed E-state index contributed by atoms with van der Waals surface area (Å²) in [6, 6.07) is 0. The highest BCUT2D eigenvalue weighted by Crippen LogP contribution is 2.33. The van der Waals surface area contributed by atoms with Crippen LogP contribution in [0.2, 0.25) is 0 Å². The van der Waals surface area contributed by atoms with E-state index in [1.54, 1.807) is 6.92 Å². The summed E-state index contributed by atoms with van der Waals surface area (Å²) < 4.78 is 3.38. The Kier molecular flexibility index (Phi) is 2.54. The molecule has 2 atom stereocenters. The lowest BCUT2D eigenvalue weighted by atomic mass is 10.4. The molecule has 0 spiro atoms. The SMILES string of the molecule is CC1OC(C(Cl)(Cl)Cl)NC1=O. The third kappa shape index (κ3) is 2.12. The van der Waals surface area contributed by atoms with Gasteiger partial charge in [-0.3, -0.25) is 4.79 Å². The molecule has 0 aromatic heterocycles. The molecule has 1 amide bonds. The summed E-state index contributed by atoms with van der Waals surface area (Å²) in [7, 11) is 0. The molecule has 0 aromatic carbocycles. The minimum atomic E-state index is -1.60. The summed E-state index contributed by atoms with van der Waals surface area (Å²) in [5.74, 6) is -0.263. The van der Waals surface area contributed by atoms with Gasteiger partial charge in [0, 0.05) is 0 Å². The van der Waals surface area contributed by atoms with Gasteiger partial charge in [0.05, 0.1) is 0 Å². The van der Waals surface area contributed by atoms with Gasteiger partial charge in [-0.05, 0) is 6.92 Å². The highest BCUT2D eigenvalue weighted by atomic mass is 35.6. The van der Waals surface area contributed by atoms with Crippen LogP contribution in [-0.4, -0.2) is 22.0 Å². The Bertz CT molecular complexity index is 179. The Morgan fingerprint density at radius 2 is 2.09 bits per heavy atom. The van der Waals surface area contributed by atoms with Crippen LogP contribution in [0.4, 0.5) is 0 Å². The zero-order chi connectivity index (χ0) is 8.65. The summed E-state index contributed by atoms with van der Waals surface area (Å²) >= 11 is 16.4. The number of carbonyl (C=O) groups is 1. The van der Waals surface area contributed by atoms with E-state index in [1.807, 2.05) is 0 Å². The number of amides is 1. The number of hydrogen-bond donors (Lipinski definition) is 1. The standard InChI is InChI=1S/C5H6Cl3NO2/c1-2-3(10)9-4(11-2)5(6,7)8/h2,4H,1H3,(H,9,10). The maximum absolute atomic E-state index is 10.8. The Hall–Kier alpha value is 0.300. The summed E-state index contributed by atoms with van der Waals surface area (Å²) in [6.45, 7) is 1.59. The first-order chi connectivity index (χ1) is 4.91. The first-order valence-electron chi connectivity index (χ1n) is 2.94. The second-order valence-electron chi connectivity index (χ2n) is 2.21. The van der Waals surface area contributed by atoms with Crippen LogP contribution in [0.15, 0.2) is 0 Å². The second kappa shape index (κ2) is 2.98. The summed E-state index contributed by atoms with van der Waals surface area (Å²) in [4.78, 5) is 10.8. The Labute approximate surface area is 78.9 Å². The van der Waals surface area contributed by atoms with Gasteiger partial charge in [0.2, 0.25) is 3.79 Å². The second-order valence-corrected chi connectivity index (χ2v) is 4.58. The van der Waals surface area contributed by atoms with E-state index >= 15 is 0 Å². The average molecular weight is 218 g/mol. The molecule has 1 N–H and O–H groups in total. The van der Waals surface area contributed by atoms with Gasteiger partial charge in [-0.15, -0.1) is 0 Å². The molecule has 2 unspecified atom stereocenters. The average Bonchev–Trinajstić information content (AvgIpc) is 2.11. The van der Waals surface area contributed by atoms with Gasteiger partial charge < -0.3 is 10.1 Å². The number of carbonyl (C=O) groups excluding carboxylic acids is 1. The summed E-state index contributed by atoms with van der Waals surface area (Å²) in [5.41, 5.74) is 0. The zero-order valence-corrected chi connectivity index (χ0v) is 7.87. The van der Waals surface area contributed by atoms with E-state index in [1.165, 1.54) is 0 Å². The molecule has 1 heterocycles. The van der Waals surface area contributed by atoms with Gasteiger partial charge in [-0.1, -0.05) is 34.8 Å². The number of ether oxygens (including phenoxy) is 1. The van der Waals surface area contributed by atoms with Gasteiger partial charge in [-0.2, -0.15) is 0 Å². The lowest BCUT2D eigenvalue weighted by Crippen LogP contribution is -2.37. The molecule has 0 aliphatic carbocycles. The van der Waals surface area contributed by atoms with Crippen LogP contribution in [0.25, 0.3) is 0 Å². The quantitative estimate of drug-likeness (QED) is 0.621. The van der Waals surface area contributed by atoms with E-state index in [9.17, 15) is 4.79 Å². The number of rotatable bonds is 0. The molecular weight excluding hydrogens is 212 g/mol. The van der Waals surface area contributed by atoms with Crippen molar-refractivity contribution in [3.05, 3.63) is 0 Å². The number of hydrogen-bond acceptors (Lipinski definition) is 2. The molecule has 1 saturated heterocycles. The third-order valence-electron chi connectivity index (χ3n) is 1.28. The van der Waals surface area contributed by atoms with E-state index in [4.69, 9.17) is 39.5 Å². The Balaban J connectivity index is 2.61. The van der Waals surface area contributed by atoms with Crippen LogP contribution >= 0.6 is 34.8 Å². The summed E-state index contributed by atoms with van der Waals surface area (Å²) in [6.07, 6.45) is -1.38. The molecule has 1 rings (SSSR count). The lowest BCUT2D eigenvalue weighted by Gasteiger charge is -2.17. The molecule has 3 nitrogen and oxygen atoms in total. The summed E-state index contributed by atoms with van der Waals surface area (Å²) in [5, 5.41) is 2.39. The normalized spacial score (nSPS) is 32.2. The predicted molar refractivity (Wildman–Crippen MR) is 42.8 cm³/mol. The molecule has 1 aliphatic heterocycles. The van der Waals surface area contributed by atoms with E-state index in [0.29, 0.717) is 0 Å². The molecule has 0 saturated carbocycles. The zero-order valence-electron chi connectivity index (χ0n) is 5.61. The van der Waals surface area contributed by atoms with Crippen molar-refractivity contribution in [3.63, 3.8) is 0 Å². The highest BCUT2D eigenvalue weighted by Gasteiger charge is 2.42. The van der Waals surface area contributed by atoms with Crippen molar-refractivity contribution in [2.75, 3.05) is 0 Å². The van der Waals surface area contributed by atoms with Crippen LogP contribution in [0.3, 0.4) is 0 Å². The van der Waals surface area contributed by atoms with Crippen molar-refractivity contribution < 1.29 is 9.53 Å². The molecule has 11 heavy (non-hydrogen) atoms. The van der Waals surface area contributed by atoms with E-state index in [2.05, 4.69) is 5.32 Å². The maximum atomic E-state index is 10.8. The third-order valence-corrected chi connectivity index (χ3v) is 1.87. The van der Waals surface area contributed by atoms with Crippen LogP contribution < -0.4 is 5.32 Å². The number of alkyl halides is 3. The monoisotopic (exact) mass is 217 g/mol. The molecule has 64 valence electrons. The minimum Gasteiger partial charge on any atom is -0.341 e. The lowest BCUT2D eigenvalue weighted by molar-refractivity contribution is -0.122. The minimum absolute atomic E-state index is 0.263. The van der Waals surface area contributed by atoms with Gasteiger partial charge >= 0.3 is 0 Å². The smallest absolute Gasteiger partial charge is 0.251 e. The van der Waals surface area contributed by atoms with Crippen LogP contribution in [0, 0.1) is 0 Å². The topological polar surface area (TPSA) is 38.3 Å². The van der Waals surface area contributed by atoms with Gasteiger partial charge in [0.1, 0.15) is 6.10 Å². The number of halogens is 3. The van der Waals surface area contributed by atoms with Gasteiger partial charge in [0.25, 0.3) is 5.91 Å². The molecule has 1 aliphatic rings. The van der Waals surface area contributed by atoms with Gasteiger partial charge in [0.15, 0.2) is 6.23 Å². The molecule has 0 aromatic rings. The van der Waals surface area contributed by atoms with Crippen LogP contribution in [-0.2, 0) is 9.53 Å². The first kappa shape index (κ1) is 9.39. The fourth-order valence-corrected chi connectivity index (χ4v) is 1.02. The Morgan fingerprint density at radius 1 is 1.55 bits per heavy atom. The molecular formula is C5H6Cl3NO2. The van der Waals surface area contributed by atoms with Gasteiger partial charge in [-0.25, -0.2) is 0 Å². The predicted octanol–water partition coefficient (Wildman–Crippen LogP) is 1.22. The van der Waals surface area contributed by atoms with E-state index in [0.717, 1.165) is 0 Å². The molecule has 1 fully saturated rings. The van der Waals surface area contributed by atoms with Crippen LogP contribution in [0.1, 0.15) is 6.92 Å². The van der Waals surface area contributed by atoms with E-state index in [-0.39, 0.29) is 5.91 Å². The maximum Gasteiger partial charge on any atom is 0.251 e. The fraction of sp³-hybridized carbons (Fsp3) is 0.800. The Morgan fingerprint density at radius 3 is 2.27 bits per heavy atom. The van der Waals surface area contributed by atoms with Crippen molar-refractivity contribution in [2.24, 2.45) is 0 Å². The van der Waals surface area contributed by atoms with E-state index < -0.39 is 16.1 Å². The van der Waals surface area contributed by atoms with Crippen molar-refractivity contribution >= 4 is 40.7 Å². The fourth-order valence-electron chi connectivity index (χ4n) is 0.705. The first-order valence-corrected chi connectivity index (χ1v) is 4.07. The van der Waals surface area contributed by atoms with Crippen molar-refractivity contribution in [2.45, 2.75) is 23.0 Å². The number of nitrogens with one attached hydrogen (secondary N) is 1. The molecule has 6 heteroatoms. The largest absolute Gasteiger partial charge is 0.341 e. The molecule has 0 radical (unpaired) electrons. The highest BCUT2D eigenvalue weighted by molar-refractivity contribution is 6.68. The molecule has 0 bridgehead atoms. The van der Waals surface area contributed by atoms with Crippen molar-refractivity contribution in [3.8, 4) is 0 Å². The van der Waals surface area contributed by atoms with Crippen molar-refractivity contribution in [1.29, 1.82) is 0 Å². The van der Waals surface area contributed by atoms with Crippen LogP contribution in [0.5, 0.6) is 0 Å².